The first-order valence-corrected chi connectivity index (χ1v) is 7.78. The number of hydrogen-bond acceptors (Lipinski definition) is 5. The third-order valence-corrected chi connectivity index (χ3v) is 4.31. The maximum Gasteiger partial charge on any atom is 0.216 e. The van der Waals surface area contributed by atoms with Crippen LogP contribution in [0.1, 0.15) is 10.6 Å². The van der Waals surface area contributed by atoms with Crippen LogP contribution in [0, 0.1) is 0 Å². The molecular formula is C11H13N3O2S2. The number of sulfonamides is 1. The Balaban J connectivity index is 1.99. The third kappa shape index (κ3) is 3.80. The van der Waals surface area contributed by atoms with Gasteiger partial charge in [-0.3, -0.25) is 0 Å². The lowest BCUT2D eigenvalue weighted by Crippen LogP contribution is -2.24. The predicted molar refractivity (Wildman–Crippen MR) is 72.4 cm³/mol. The van der Waals surface area contributed by atoms with Crippen LogP contribution in [-0.4, -0.2) is 13.4 Å². The van der Waals surface area contributed by atoms with Crippen molar-refractivity contribution < 1.29 is 8.42 Å². The summed E-state index contributed by atoms with van der Waals surface area (Å²) in [5.41, 5.74) is 6.83. The van der Waals surface area contributed by atoms with E-state index in [1.165, 1.54) is 11.3 Å². The lowest BCUT2D eigenvalue weighted by Gasteiger charge is -2.05. The van der Waals surface area contributed by atoms with Crippen LogP contribution >= 0.6 is 11.3 Å². The van der Waals surface area contributed by atoms with Crippen molar-refractivity contribution >= 4 is 27.0 Å². The van der Waals surface area contributed by atoms with Crippen molar-refractivity contribution in [3.63, 3.8) is 0 Å². The second kappa shape index (κ2) is 5.47. The van der Waals surface area contributed by atoms with Crippen LogP contribution in [0.25, 0.3) is 0 Å². The van der Waals surface area contributed by atoms with E-state index in [0.717, 1.165) is 5.01 Å². The highest BCUT2D eigenvalue weighted by Crippen LogP contribution is 2.10. The lowest BCUT2D eigenvalue weighted by molar-refractivity contribution is 0.580. The number of anilines is 1. The summed E-state index contributed by atoms with van der Waals surface area (Å²) in [5, 5.41) is 2.55. The highest BCUT2D eigenvalue weighted by molar-refractivity contribution is 7.88. The Morgan fingerprint density at radius 3 is 2.89 bits per heavy atom. The monoisotopic (exact) mass is 283 g/mol. The molecule has 0 aliphatic rings. The summed E-state index contributed by atoms with van der Waals surface area (Å²) in [6.07, 6.45) is 1.65. The van der Waals surface area contributed by atoms with Crippen LogP contribution in [-0.2, 0) is 22.3 Å². The predicted octanol–water partition coefficient (Wildman–Crippen LogP) is 1.34. The van der Waals surface area contributed by atoms with E-state index < -0.39 is 10.0 Å². The smallest absolute Gasteiger partial charge is 0.216 e. The van der Waals surface area contributed by atoms with Gasteiger partial charge in [-0.25, -0.2) is 18.1 Å². The Bertz CT molecular complexity index is 609. The fraction of sp³-hybridized carbons (Fsp3) is 0.182. The van der Waals surface area contributed by atoms with Crippen molar-refractivity contribution in [1.82, 2.24) is 9.71 Å². The van der Waals surface area contributed by atoms with Gasteiger partial charge in [0, 0.05) is 17.3 Å². The van der Waals surface area contributed by atoms with E-state index >= 15 is 0 Å². The Kier molecular flexibility index (Phi) is 3.95. The molecule has 18 heavy (non-hydrogen) atoms. The number of hydrogen-bond donors (Lipinski definition) is 2. The van der Waals surface area contributed by atoms with Crippen molar-refractivity contribution in [2.24, 2.45) is 0 Å². The fourth-order valence-corrected chi connectivity index (χ4v) is 3.19. The number of nitrogens with two attached hydrogens (primary N) is 1. The maximum atomic E-state index is 11.8. The van der Waals surface area contributed by atoms with Crippen molar-refractivity contribution in [3.8, 4) is 0 Å². The van der Waals surface area contributed by atoms with Gasteiger partial charge in [0.05, 0.1) is 12.3 Å². The van der Waals surface area contributed by atoms with Crippen molar-refractivity contribution in [3.05, 3.63) is 46.4 Å². The Labute approximate surface area is 110 Å². The first-order chi connectivity index (χ1) is 8.55. The zero-order valence-corrected chi connectivity index (χ0v) is 11.2. The van der Waals surface area contributed by atoms with Gasteiger partial charge in [0.25, 0.3) is 0 Å². The molecule has 0 saturated heterocycles. The second-order valence-electron chi connectivity index (χ2n) is 3.75. The normalized spacial score (nSPS) is 11.6. The van der Waals surface area contributed by atoms with Crippen LogP contribution in [0.15, 0.2) is 35.8 Å². The molecule has 0 spiro atoms. The highest BCUT2D eigenvalue weighted by Gasteiger charge is 2.12. The van der Waals surface area contributed by atoms with Gasteiger partial charge in [-0.15, -0.1) is 11.3 Å². The highest BCUT2D eigenvalue weighted by atomic mass is 32.2. The van der Waals surface area contributed by atoms with Gasteiger partial charge >= 0.3 is 0 Å². The maximum absolute atomic E-state index is 11.8. The summed E-state index contributed by atoms with van der Waals surface area (Å²) in [4.78, 5) is 4.01. The van der Waals surface area contributed by atoms with E-state index in [4.69, 9.17) is 5.73 Å². The molecule has 0 saturated carbocycles. The minimum Gasteiger partial charge on any atom is -0.399 e. The number of nitrogens with zero attached hydrogens (tertiary/aromatic N) is 1. The molecule has 2 rings (SSSR count). The molecule has 0 radical (unpaired) electrons. The number of nitrogens with one attached hydrogen (secondary N) is 1. The van der Waals surface area contributed by atoms with Gasteiger partial charge in [0.2, 0.25) is 10.0 Å². The SMILES string of the molecule is Nc1cccc(CS(=O)(=O)NCc2nccs2)c1. The summed E-state index contributed by atoms with van der Waals surface area (Å²) < 4.78 is 26.2. The molecule has 1 aromatic heterocycles. The zero-order chi connectivity index (χ0) is 13.0. The Morgan fingerprint density at radius 1 is 1.39 bits per heavy atom. The van der Waals surface area contributed by atoms with E-state index in [1.54, 1.807) is 30.5 Å². The molecule has 0 aliphatic carbocycles. The molecule has 3 N–H and O–H groups in total. The molecule has 0 bridgehead atoms. The number of benzene rings is 1. The summed E-state index contributed by atoms with van der Waals surface area (Å²) in [7, 11) is -3.37. The average Bonchev–Trinajstić information content (AvgIpc) is 2.78. The molecule has 5 nitrogen and oxygen atoms in total. The largest absolute Gasteiger partial charge is 0.399 e. The Hall–Kier alpha value is -1.44. The molecule has 1 heterocycles. The van der Waals surface area contributed by atoms with Crippen LogP contribution in [0.3, 0.4) is 0 Å². The standard InChI is InChI=1S/C11H13N3O2S2/c12-10-3-1-2-9(6-10)8-18(15,16)14-7-11-13-4-5-17-11/h1-6,14H,7-8,12H2. The quantitative estimate of drug-likeness (QED) is 0.811. The molecule has 7 heteroatoms. The molecule has 0 amide bonds. The Morgan fingerprint density at radius 2 is 2.22 bits per heavy atom. The summed E-state index contributed by atoms with van der Waals surface area (Å²) in [6.45, 7) is 0.225. The number of nitrogen functional groups attached to an aromatic ring is 1. The van der Waals surface area contributed by atoms with E-state index in [-0.39, 0.29) is 12.3 Å². The van der Waals surface area contributed by atoms with Gasteiger partial charge in [-0.05, 0) is 17.7 Å². The molecule has 2 aromatic rings. The molecule has 0 aliphatic heterocycles. The van der Waals surface area contributed by atoms with E-state index in [0.29, 0.717) is 11.3 Å². The minimum atomic E-state index is -3.37. The van der Waals surface area contributed by atoms with Crippen LogP contribution < -0.4 is 10.5 Å². The van der Waals surface area contributed by atoms with Gasteiger partial charge < -0.3 is 5.73 Å². The summed E-state index contributed by atoms with van der Waals surface area (Å²) in [5.74, 6) is -0.0799. The fourth-order valence-electron chi connectivity index (χ4n) is 1.47. The molecule has 1 aromatic carbocycles. The molecule has 0 unspecified atom stereocenters. The number of thiazole rings is 1. The van der Waals surface area contributed by atoms with Crippen LogP contribution in [0.5, 0.6) is 0 Å². The van der Waals surface area contributed by atoms with Crippen LogP contribution in [0.2, 0.25) is 0 Å². The zero-order valence-electron chi connectivity index (χ0n) is 9.54. The van der Waals surface area contributed by atoms with Crippen molar-refractivity contribution in [2.75, 3.05) is 5.73 Å². The summed E-state index contributed by atoms with van der Waals surface area (Å²) in [6, 6.07) is 6.85. The van der Waals surface area contributed by atoms with Crippen molar-refractivity contribution in [2.45, 2.75) is 12.3 Å². The number of rotatable bonds is 5. The second-order valence-corrected chi connectivity index (χ2v) is 6.54. The van der Waals surface area contributed by atoms with E-state index in [9.17, 15) is 8.42 Å². The van der Waals surface area contributed by atoms with E-state index in [1.807, 2.05) is 5.38 Å². The first kappa shape index (κ1) is 13.0. The van der Waals surface area contributed by atoms with Gasteiger partial charge in [0.15, 0.2) is 0 Å². The molecule has 0 atom stereocenters. The van der Waals surface area contributed by atoms with Gasteiger partial charge in [-0.2, -0.15) is 0 Å². The number of aromatic nitrogens is 1. The molecule has 96 valence electrons. The topological polar surface area (TPSA) is 85.1 Å². The minimum absolute atomic E-state index is 0.0799. The first-order valence-electron chi connectivity index (χ1n) is 5.25. The third-order valence-electron chi connectivity index (χ3n) is 2.23. The average molecular weight is 283 g/mol. The lowest BCUT2D eigenvalue weighted by atomic mass is 10.2. The van der Waals surface area contributed by atoms with E-state index in [2.05, 4.69) is 9.71 Å². The molecular weight excluding hydrogens is 270 g/mol. The van der Waals surface area contributed by atoms with Gasteiger partial charge in [-0.1, -0.05) is 12.1 Å². The van der Waals surface area contributed by atoms with Crippen LogP contribution in [0.4, 0.5) is 5.69 Å². The van der Waals surface area contributed by atoms with Crippen molar-refractivity contribution in [1.29, 1.82) is 0 Å². The molecule has 0 fully saturated rings. The van der Waals surface area contributed by atoms with Gasteiger partial charge in [0.1, 0.15) is 5.01 Å². The summed E-state index contributed by atoms with van der Waals surface area (Å²) >= 11 is 1.41.